The van der Waals surface area contributed by atoms with Crippen LogP contribution in [0.5, 0.6) is 0 Å². The van der Waals surface area contributed by atoms with Crippen LogP contribution in [0.25, 0.3) is 11.0 Å². The Balaban J connectivity index is 1.43. The van der Waals surface area contributed by atoms with E-state index in [9.17, 15) is 4.79 Å². The monoisotopic (exact) mass is 392 g/mol. The molecule has 0 aliphatic heterocycles. The predicted molar refractivity (Wildman–Crippen MR) is 111 cm³/mol. The van der Waals surface area contributed by atoms with Crippen LogP contribution in [0.4, 0.5) is 0 Å². The minimum Gasteiger partial charge on any atom is -0.354 e. The van der Waals surface area contributed by atoms with Crippen molar-refractivity contribution in [2.24, 2.45) is 0 Å². The van der Waals surface area contributed by atoms with E-state index >= 15 is 0 Å². The number of hydrogen-bond acceptors (Lipinski definition) is 2. The first kappa shape index (κ1) is 18.3. The van der Waals surface area contributed by atoms with Crippen LogP contribution in [0.15, 0.2) is 73.1 Å². The maximum Gasteiger partial charge on any atom is 0.221 e. The molecule has 1 atom stereocenters. The number of nitrogens with one attached hydrogen (secondary N) is 2. The van der Waals surface area contributed by atoms with Gasteiger partial charge in [-0.05, 0) is 42.0 Å². The van der Waals surface area contributed by atoms with Gasteiger partial charge in [0.25, 0.3) is 0 Å². The van der Waals surface area contributed by atoms with E-state index in [1.165, 1.54) is 0 Å². The highest BCUT2D eigenvalue weighted by molar-refractivity contribution is 6.30. The van der Waals surface area contributed by atoms with Gasteiger partial charge in [0.15, 0.2) is 0 Å². The fraction of sp³-hybridized carbons (Fsp3) is 0.182. The molecule has 28 heavy (non-hydrogen) atoms. The van der Waals surface area contributed by atoms with E-state index in [0.717, 1.165) is 29.0 Å². The van der Waals surface area contributed by atoms with Gasteiger partial charge in [-0.1, -0.05) is 35.9 Å². The lowest BCUT2D eigenvalue weighted by Crippen LogP contribution is -2.26. The molecular formula is C22H21ClN4O. The number of rotatable bonds is 7. The number of aromatic amines is 1. The lowest BCUT2D eigenvalue weighted by Gasteiger charge is -2.18. The maximum absolute atomic E-state index is 12.6. The Hall–Kier alpha value is -3.05. The molecule has 0 aliphatic carbocycles. The zero-order valence-electron chi connectivity index (χ0n) is 15.3. The molecule has 0 bridgehead atoms. The molecular weight excluding hydrogens is 372 g/mol. The molecule has 142 valence electrons. The number of carbonyl (C=O) groups excluding carboxylic acids is 1. The van der Waals surface area contributed by atoms with Crippen LogP contribution in [-0.4, -0.2) is 20.4 Å². The second kappa shape index (κ2) is 8.31. The Morgan fingerprint density at radius 3 is 2.57 bits per heavy atom. The van der Waals surface area contributed by atoms with Gasteiger partial charge in [0, 0.05) is 36.3 Å². The third-order valence-electron chi connectivity index (χ3n) is 4.76. The molecule has 2 heterocycles. The zero-order valence-corrected chi connectivity index (χ0v) is 16.1. The minimum absolute atomic E-state index is 0.00689. The zero-order chi connectivity index (χ0) is 19.3. The molecule has 0 saturated carbocycles. The highest BCUT2D eigenvalue weighted by Crippen LogP contribution is 2.24. The number of H-pyrrole nitrogens is 1. The SMILES string of the molecule is O=C(CC(Cn1cccc1)c1ccc(Cl)cc1)NCc1nc2ccccc2[nH]1. The van der Waals surface area contributed by atoms with Crippen molar-refractivity contribution in [1.29, 1.82) is 0 Å². The summed E-state index contributed by atoms with van der Waals surface area (Å²) in [6, 6.07) is 19.5. The van der Waals surface area contributed by atoms with Crippen LogP contribution >= 0.6 is 11.6 Å². The molecule has 1 unspecified atom stereocenters. The van der Waals surface area contributed by atoms with Crippen molar-refractivity contribution in [3.8, 4) is 0 Å². The average Bonchev–Trinajstić information content (AvgIpc) is 3.35. The summed E-state index contributed by atoms with van der Waals surface area (Å²) in [7, 11) is 0. The van der Waals surface area contributed by atoms with Crippen LogP contribution < -0.4 is 5.32 Å². The van der Waals surface area contributed by atoms with Crippen molar-refractivity contribution in [1.82, 2.24) is 19.9 Å². The number of para-hydroxylation sites is 2. The first-order valence-electron chi connectivity index (χ1n) is 9.24. The third-order valence-corrected chi connectivity index (χ3v) is 5.01. The number of nitrogens with zero attached hydrogens (tertiary/aromatic N) is 2. The van der Waals surface area contributed by atoms with Crippen molar-refractivity contribution in [2.45, 2.75) is 25.4 Å². The fourth-order valence-corrected chi connectivity index (χ4v) is 3.46. The fourth-order valence-electron chi connectivity index (χ4n) is 3.34. The average molecular weight is 393 g/mol. The summed E-state index contributed by atoms with van der Waals surface area (Å²) in [5.74, 6) is 0.802. The summed E-state index contributed by atoms with van der Waals surface area (Å²) >= 11 is 6.02. The number of hydrogen-bond donors (Lipinski definition) is 2. The highest BCUT2D eigenvalue weighted by Gasteiger charge is 2.17. The van der Waals surface area contributed by atoms with Gasteiger partial charge in [-0.2, -0.15) is 0 Å². The third kappa shape index (κ3) is 4.43. The van der Waals surface area contributed by atoms with Crippen LogP contribution in [0.1, 0.15) is 23.7 Å². The highest BCUT2D eigenvalue weighted by atomic mass is 35.5. The van der Waals surface area contributed by atoms with E-state index in [1.807, 2.05) is 73.1 Å². The van der Waals surface area contributed by atoms with Crippen LogP contribution in [0, 0.1) is 0 Å². The van der Waals surface area contributed by atoms with E-state index < -0.39 is 0 Å². The van der Waals surface area contributed by atoms with Gasteiger partial charge >= 0.3 is 0 Å². The molecule has 0 aliphatic rings. The molecule has 0 spiro atoms. The number of halogens is 1. The first-order chi connectivity index (χ1) is 13.7. The summed E-state index contributed by atoms with van der Waals surface area (Å²) in [5.41, 5.74) is 2.97. The quantitative estimate of drug-likeness (QED) is 0.486. The number of amides is 1. The molecule has 2 N–H and O–H groups in total. The second-order valence-corrected chi connectivity index (χ2v) is 7.25. The second-order valence-electron chi connectivity index (χ2n) is 6.81. The van der Waals surface area contributed by atoms with Crippen molar-refractivity contribution < 1.29 is 4.79 Å². The Morgan fingerprint density at radius 2 is 1.82 bits per heavy atom. The van der Waals surface area contributed by atoms with Crippen molar-refractivity contribution in [3.63, 3.8) is 0 Å². The van der Waals surface area contributed by atoms with Gasteiger partial charge in [-0.25, -0.2) is 4.98 Å². The van der Waals surface area contributed by atoms with Gasteiger partial charge in [-0.3, -0.25) is 4.79 Å². The Labute approximate surface area is 168 Å². The normalized spacial score (nSPS) is 12.2. The smallest absolute Gasteiger partial charge is 0.221 e. The van der Waals surface area contributed by atoms with E-state index in [-0.39, 0.29) is 11.8 Å². The summed E-state index contributed by atoms with van der Waals surface area (Å²) in [5, 5.41) is 3.68. The number of aromatic nitrogens is 3. The molecule has 1 amide bonds. The summed E-state index contributed by atoms with van der Waals surface area (Å²) in [6.45, 7) is 1.11. The van der Waals surface area contributed by atoms with Gasteiger partial charge in [0.2, 0.25) is 5.91 Å². The lowest BCUT2D eigenvalue weighted by atomic mass is 9.95. The molecule has 0 radical (unpaired) electrons. The summed E-state index contributed by atoms with van der Waals surface area (Å²) < 4.78 is 2.09. The van der Waals surface area contributed by atoms with Crippen LogP contribution in [0.3, 0.4) is 0 Å². The van der Waals surface area contributed by atoms with Crippen LogP contribution in [0.2, 0.25) is 5.02 Å². The van der Waals surface area contributed by atoms with Gasteiger partial charge in [0.1, 0.15) is 5.82 Å². The van der Waals surface area contributed by atoms with Gasteiger partial charge in [-0.15, -0.1) is 0 Å². The Kier molecular flexibility index (Phi) is 5.44. The van der Waals surface area contributed by atoms with Crippen molar-refractivity contribution in [2.75, 3.05) is 0 Å². The first-order valence-corrected chi connectivity index (χ1v) is 9.62. The molecule has 0 saturated heterocycles. The van der Waals surface area contributed by atoms with E-state index in [4.69, 9.17) is 11.6 Å². The van der Waals surface area contributed by atoms with Gasteiger partial charge in [0.05, 0.1) is 17.6 Å². The topological polar surface area (TPSA) is 62.7 Å². The summed E-state index contributed by atoms with van der Waals surface area (Å²) in [6.07, 6.45) is 4.41. The Morgan fingerprint density at radius 1 is 1.07 bits per heavy atom. The van der Waals surface area contributed by atoms with E-state index in [0.29, 0.717) is 18.0 Å². The number of carbonyl (C=O) groups is 1. The number of fused-ring (bicyclic) bond motifs is 1. The summed E-state index contributed by atoms with van der Waals surface area (Å²) in [4.78, 5) is 20.4. The molecule has 0 fully saturated rings. The van der Waals surface area contributed by atoms with Crippen molar-refractivity contribution >= 4 is 28.5 Å². The largest absolute Gasteiger partial charge is 0.354 e. The minimum atomic E-state index is -0.00689. The molecule has 6 heteroatoms. The maximum atomic E-state index is 12.6. The van der Waals surface area contributed by atoms with Crippen molar-refractivity contribution in [3.05, 3.63) is 89.5 Å². The standard InChI is InChI=1S/C22H21ClN4O/c23-18-9-7-16(8-10-18)17(15-27-11-3-4-12-27)13-22(28)24-14-21-25-19-5-1-2-6-20(19)26-21/h1-12,17H,13-15H2,(H,24,28)(H,25,26). The number of imidazole rings is 1. The van der Waals surface area contributed by atoms with Gasteiger partial charge < -0.3 is 14.9 Å². The predicted octanol–water partition coefficient (Wildman–Crippen LogP) is 4.51. The van der Waals surface area contributed by atoms with E-state index in [2.05, 4.69) is 19.9 Å². The van der Waals surface area contributed by atoms with E-state index in [1.54, 1.807) is 0 Å². The molecule has 4 aromatic rings. The number of benzene rings is 2. The molecule has 4 rings (SSSR count). The molecule has 2 aromatic heterocycles. The van der Waals surface area contributed by atoms with Crippen LogP contribution in [-0.2, 0) is 17.9 Å². The lowest BCUT2D eigenvalue weighted by molar-refractivity contribution is -0.121. The molecule has 5 nitrogen and oxygen atoms in total. The Bertz CT molecular complexity index is 1020. The molecule has 2 aromatic carbocycles.